The van der Waals surface area contributed by atoms with E-state index in [-0.39, 0.29) is 0 Å². The Hall–Kier alpha value is -1.38. The van der Waals surface area contributed by atoms with Gasteiger partial charge in [0.1, 0.15) is 0 Å². The Kier molecular flexibility index (Phi) is 1.35. The van der Waals surface area contributed by atoms with Gasteiger partial charge < -0.3 is 0 Å². The third kappa shape index (κ3) is 0.888. The predicted octanol–water partition coefficient (Wildman–Crippen LogP) is 1.25. The van der Waals surface area contributed by atoms with Gasteiger partial charge in [0.15, 0.2) is 5.65 Å². The van der Waals surface area contributed by atoms with Gasteiger partial charge in [-0.25, -0.2) is 9.67 Å². The fraction of sp³-hybridized carbons (Fsp3) is 0.250. The maximum absolute atomic E-state index is 4.16. The van der Waals surface area contributed by atoms with Crippen LogP contribution in [-0.2, 0) is 6.54 Å². The van der Waals surface area contributed by atoms with E-state index in [4.69, 9.17) is 0 Å². The molecule has 0 spiro atoms. The topological polar surface area (TPSA) is 30.7 Å². The zero-order valence-corrected chi connectivity index (χ0v) is 6.28. The molecule has 0 aliphatic heterocycles. The quantitative estimate of drug-likeness (QED) is 0.606. The molecule has 0 saturated heterocycles. The molecule has 0 fully saturated rings. The Morgan fingerprint density at radius 2 is 2.55 bits per heavy atom. The van der Waals surface area contributed by atoms with Crippen molar-refractivity contribution in [2.75, 3.05) is 0 Å². The second kappa shape index (κ2) is 2.34. The van der Waals surface area contributed by atoms with Gasteiger partial charge in [0.2, 0.25) is 0 Å². The second-order valence-corrected chi connectivity index (χ2v) is 2.31. The third-order valence-corrected chi connectivity index (χ3v) is 1.64. The zero-order chi connectivity index (χ0) is 7.68. The van der Waals surface area contributed by atoms with Crippen LogP contribution in [0.2, 0.25) is 0 Å². The van der Waals surface area contributed by atoms with Gasteiger partial charge in [-0.3, -0.25) is 0 Å². The van der Waals surface area contributed by atoms with Gasteiger partial charge in [0.05, 0.1) is 6.20 Å². The number of pyridine rings is 1. The van der Waals surface area contributed by atoms with E-state index in [1.54, 1.807) is 6.20 Å². The van der Waals surface area contributed by atoms with Crippen LogP contribution in [0.3, 0.4) is 0 Å². The fourth-order valence-corrected chi connectivity index (χ4v) is 1.09. The van der Waals surface area contributed by atoms with Crippen molar-refractivity contribution >= 4 is 11.0 Å². The van der Waals surface area contributed by atoms with Crippen molar-refractivity contribution in [3.63, 3.8) is 0 Å². The molecule has 1 radical (unpaired) electrons. The largest absolute Gasteiger partial charge is 0.248 e. The molecule has 2 heterocycles. The van der Waals surface area contributed by atoms with Crippen LogP contribution in [0.1, 0.15) is 6.92 Å². The van der Waals surface area contributed by atoms with Gasteiger partial charge in [0.25, 0.3) is 0 Å². The first kappa shape index (κ1) is 6.34. The van der Waals surface area contributed by atoms with E-state index in [2.05, 4.69) is 16.1 Å². The number of nitrogens with zero attached hydrogens (tertiary/aromatic N) is 3. The van der Waals surface area contributed by atoms with E-state index in [9.17, 15) is 0 Å². The van der Waals surface area contributed by atoms with Crippen LogP contribution in [0.15, 0.2) is 18.5 Å². The molecule has 0 amide bonds. The van der Waals surface area contributed by atoms with Crippen LogP contribution in [0.5, 0.6) is 0 Å². The lowest BCUT2D eigenvalue weighted by molar-refractivity contribution is 0.677. The first-order valence-corrected chi connectivity index (χ1v) is 3.59. The minimum Gasteiger partial charge on any atom is -0.248 e. The minimum atomic E-state index is 0.862. The third-order valence-electron chi connectivity index (χ3n) is 1.64. The molecule has 0 aliphatic carbocycles. The first-order chi connectivity index (χ1) is 5.42. The summed E-state index contributed by atoms with van der Waals surface area (Å²) in [5, 5.41) is 5.20. The number of aromatic nitrogens is 3. The van der Waals surface area contributed by atoms with Gasteiger partial charge in [-0.1, -0.05) is 0 Å². The highest BCUT2D eigenvalue weighted by Crippen LogP contribution is 2.07. The Balaban J connectivity index is 2.76. The Morgan fingerprint density at radius 3 is 3.36 bits per heavy atom. The van der Waals surface area contributed by atoms with Gasteiger partial charge in [-0.2, -0.15) is 5.10 Å². The molecule has 2 rings (SSSR count). The fourth-order valence-electron chi connectivity index (χ4n) is 1.09. The SMILES string of the molecule is CCn1ncc2c[c]cnc21. The van der Waals surface area contributed by atoms with Crippen molar-refractivity contribution < 1.29 is 0 Å². The van der Waals surface area contributed by atoms with E-state index in [1.165, 1.54) is 0 Å². The molecular formula is C8H8N3. The summed E-state index contributed by atoms with van der Waals surface area (Å²) in [4.78, 5) is 4.16. The van der Waals surface area contributed by atoms with Crippen molar-refractivity contribution in [3.8, 4) is 0 Å². The van der Waals surface area contributed by atoms with Crippen LogP contribution in [0.25, 0.3) is 11.0 Å². The molecule has 3 heteroatoms. The van der Waals surface area contributed by atoms with Gasteiger partial charge in [-0.15, -0.1) is 0 Å². The summed E-state index contributed by atoms with van der Waals surface area (Å²) < 4.78 is 1.86. The number of hydrogen-bond donors (Lipinski definition) is 0. The lowest BCUT2D eigenvalue weighted by atomic mass is 10.4. The lowest BCUT2D eigenvalue weighted by Gasteiger charge is -1.94. The summed E-state index contributed by atoms with van der Waals surface area (Å²) in [7, 11) is 0. The van der Waals surface area contributed by atoms with Crippen LogP contribution < -0.4 is 0 Å². The molecule has 0 bridgehead atoms. The monoisotopic (exact) mass is 146 g/mol. The number of hydrogen-bond acceptors (Lipinski definition) is 2. The van der Waals surface area contributed by atoms with Crippen molar-refractivity contribution in [2.24, 2.45) is 0 Å². The summed E-state index contributed by atoms with van der Waals surface area (Å²) in [6, 6.07) is 4.80. The summed E-state index contributed by atoms with van der Waals surface area (Å²) in [6.45, 7) is 2.91. The van der Waals surface area contributed by atoms with Gasteiger partial charge >= 0.3 is 0 Å². The lowest BCUT2D eigenvalue weighted by Crippen LogP contribution is -1.96. The Morgan fingerprint density at radius 1 is 1.64 bits per heavy atom. The highest BCUT2D eigenvalue weighted by atomic mass is 15.3. The predicted molar refractivity (Wildman–Crippen MR) is 42.0 cm³/mol. The first-order valence-electron chi connectivity index (χ1n) is 3.59. The molecule has 2 aromatic rings. The average Bonchev–Trinajstić information content (AvgIpc) is 2.47. The molecule has 0 atom stereocenters. The maximum atomic E-state index is 4.16. The Labute approximate surface area is 64.7 Å². The van der Waals surface area contributed by atoms with E-state index in [1.807, 2.05) is 23.9 Å². The standard InChI is InChI=1S/C8H8N3/c1-2-11-8-7(6-10-11)4-3-5-9-8/h4-6H,2H2,1H3. The van der Waals surface area contributed by atoms with Gasteiger partial charge in [0, 0.05) is 24.2 Å². The molecule has 0 unspecified atom stereocenters. The normalized spacial score (nSPS) is 10.6. The molecule has 3 nitrogen and oxygen atoms in total. The maximum Gasteiger partial charge on any atom is 0.157 e. The van der Waals surface area contributed by atoms with E-state index < -0.39 is 0 Å². The zero-order valence-electron chi connectivity index (χ0n) is 6.28. The number of aryl methyl sites for hydroxylation is 1. The van der Waals surface area contributed by atoms with Crippen molar-refractivity contribution in [1.29, 1.82) is 0 Å². The van der Waals surface area contributed by atoms with Crippen LogP contribution in [0, 0.1) is 6.07 Å². The number of fused-ring (bicyclic) bond motifs is 1. The smallest absolute Gasteiger partial charge is 0.157 e. The molecule has 0 aliphatic rings. The van der Waals surface area contributed by atoms with Gasteiger partial charge in [-0.05, 0) is 13.0 Å². The molecule has 0 aromatic carbocycles. The average molecular weight is 146 g/mol. The summed E-state index contributed by atoms with van der Waals surface area (Å²) in [5.74, 6) is 0. The van der Waals surface area contributed by atoms with E-state index >= 15 is 0 Å². The molecule has 0 saturated carbocycles. The summed E-state index contributed by atoms with van der Waals surface area (Å²) in [6.07, 6.45) is 3.47. The highest BCUT2D eigenvalue weighted by Gasteiger charge is 1.98. The van der Waals surface area contributed by atoms with Crippen molar-refractivity contribution in [2.45, 2.75) is 13.5 Å². The van der Waals surface area contributed by atoms with Crippen LogP contribution in [-0.4, -0.2) is 14.8 Å². The minimum absolute atomic E-state index is 0.862. The van der Waals surface area contributed by atoms with Crippen LogP contribution in [0.4, 0.5) is 0 Å². The molecule has 2 aromatic heterocycles. The Bertz CT molecular complexity index is 364. The molecule has 55 valence electrons. The van der Waals surface area contributed by atoms with Crippen LogP contribution >= 0.6 is 0 Å². The summed E-state index contributed by atoms with van der Waals surface area (Å²) in [5.41, 5.74) is 0.936. The van der Waals surface area contributed by atoms with Crippen molar-refractivity contribution in [3.05, 3.63) is 24.5 Å². The molecule has 11 heavy (non-hydrogen) atoms. The molecular weight excluding hydrogens is 138 g/mol. The van der Waals surface area contributed by atoms with E-state index in [0.717, 1.165) is 17.6 Å². The molecule has 0 N–H and O–H groups in total. The second-order valence-electron chi connectivity index (χ2n) is 2.31. The summed E-state index contributed by atoms with van der Waals surface area (Å²) >= 11 is 0. The van der Waals surface area contributed by atoms with Crippen molar-refractivity contribution in [1.82, 2.24) is 14.8 Å². The highest BCUT2D eigenvalue weighted by molar-refractivity contribution is 5.73. The number of rotatable bonds is 1. The van der Waals surface area contributed by atoms with E-state index in [0.29, 0.717) is 0 Å².